The first-order chi connectivity index (χ1) is 14.8. The maximum absolute atomic E-state index is 6.47. The fourth-order valence-corrected chi connectivity index (χ4v) is 4.31. The highest BCUT2D eigenvalue weighted by Crippen LogP contribution is 2.39. The Morgan fingerprint density at radius 2 is 1.33 bits per heavy atom. The van der Waals surface area contributed by atoms with Gasteiger partial charge in [-0.3, -0.25) is 4.90 Å². The number of methoxy groups -OCH3 is 1. The molecule has 0 aromatic heterocycles. The lowest BCUT2D eigenvalue weighted by Gasteiger charge is -2.44. The minimum atomic E-state index is 0.139. The molecule has 0 atom stereocenters. The van der Waals surface area contributed by atoms with Gasteiger partial charge in [0.1, 0.15) is 6.10 Å². The number of fused-ring (bicyclic) bond motifs is 1. The van der Waals surface area contributed by atoms with Gasteiger partial charge in [-0.05, 0) is 22.6 Å². The molecule has 0 unspecified atom stereocenters. The highest BCUT2D eigenvalue weighted by Gasteiger charge is 2.36. The van der Waals surface area contributed by atoms with Crippen molar-refractivity contribution in [3.05, 3.63) is 108 Å². The third kappa shape index (κ3) is 3.53. The topological polar surface area (TPSA) is 21.7 Å². The highest BCUT2D eigenvalue weighted by molar-refractivity contribution is 5.90. The Morgan fingerprint density at radius 3 is 1.97 bits per heavy atom. The average Bonchev–Trinajstić information content (AvgIpc) is 2.79. The van der Waals surface area contributed by atoms with Gasteiger partial charge in [0.2, 0.25) is 0 Å². The van der Waals surface area contributed by atoms with Crippen LogP contribution in [0.4, 0.5) is 0 Å². The molecule has 1 aliphatic heterocycles. The first kappa shape index (κ1) is 18.7. The molecule has 3 heteroatoms. The second-order valence-corrected chi connectivity index (χ2v) is 7.74. The lowest BCUT2D eigenvalue weighted by molar-refractivity contribution is -0.0000782. The molecule has 1 saturated heterocycles. The summed E-state index contributed by atoms with van der Waals surface area (Å²) in [4.78, 5) is 2.48. The number of likely N-dealkylation sites (tertiary alicyclic amines) is 1. The number of ether oxygens (including phenoxy) is 2. The number of rotatable bonds is 6. The van der Waals surface area contributed by atoms with Crippen molar-refractivity contribution >= 4 is 10.8 Å². The van der Waals surface area contributed by atoms with Crippen LogP contribution in [-0.4, -0.2) is 31.2 Å². The predicted molar refractivity (Wildman–Crippen MR) is 121 cm³/mol. The van der Waals surface area contributed by atoms with E-state index in [9.17, 15) is 0 Å². The number of hydrogen-bond acceptors (Lipinski definition) is 3. The van der Waals surface area contributed by atoms with Crippen LogP contribution < -0.4 is 9.47 Å². The number of benzene rings is 4. The fraction of sp³-hybridized carbons (Fsp3) is 0.185. The van der Waals surface area contributed by atoms with E-state index in [-0.39, 0.29) is 12.1 Å². The molecule has 0 spiro atoms. The van der Waals surface area contributed by atoms with Crippen LogP contribution in [0.2, 0.25) is 0 Å². The Morgan fingerprint density at radius 1 is 0.733 bits per heavy atom. The van der Waals surface area contributed by atoms with Crippen molar-refractivity contribution in [3.8, 4) is 11.5 Å². The van der Waals surface area contributed by atoms with Gasteiger partial charge in [-0.15, -0.1) is 0 Å². The van der Waals surface area contributed by atoms with E-state index in [1.165, 1.54) is 11.1 Å². The van der Waals surface area contributed by atoms with Crippen LogP contribution in [-0.2, 0) is 0 Å². The van der Waals surface area contributed by atoms with E-state index in [0.717, 1.165) is 35.4 Å². The third-order valence-corrected chi connectivity index (χ3v) is 5.82. The first-order valence-corrected chi connectivity index (χ1v) is 10.4. The first-order valence-electron chi connectivity index (χ1n) is 10.4. The van der Waals surface area contributed by atoms with Crippen molar-refractivity contribution in [2.24, 2.45) is 0 Å². The van der Waals surface area contributed by atoms with Crippen LogP contribution in [0.1, 0.15) is 17.2 Å². The summed E-state index contributed by atoms with van der Waals surface area (Å²) in [6.07, 6.45) is 0.139. The third-order valence-electron chi connectivity index (χ3n) is 5.82. The van der Waals surface area contributed by atoms with E-state index in [1.54, 1.807) is 7.11 Å². The molecular weight excluding hydrogens is 370 g/mol. The molecule has 1 fully saturated rings. The van der Waals surface area contributed by atoms with Gasteiger partial charge in [0.05, 0.1) is 13.2 Å². The quantitative estimate of drug-likeness (QED) is 0.418. The van der Waals surface area contributed by atoms with Crippen LogP contribution in [0, 0.1) is 0 Å². The molecule has 30 heavy (non-hydrogen) atoms. The van der Waals surface area contributed by atoms with E-state index >= 15 is 0 Å². The molecule has 0 bridgehead atoms. The minimum Gasteiger partial charge on any atom is -0.493 e. The average molecular weight is 396 g/mol. The standard InChI is InChI=1S/C27H25NO2/c1-29-25-17-16-20-10-8-9-15-24(20)27(25)30-23-18-28(19-23)26(21-11-4-2-5-12-21)22-13-6-3-7-14-22/h2-17,23,26H,18-19H2,1H3. The van der Waals surface area contributed by atoms with E-state index in [2.05, 4.69) is 83.8 Å². The van der Waals surface area contributed by atoms with Crippen molar-refractivity contribution in [1.29, 1.82) is 0 Å². The van der Waals surface area contributed by atoms with Crippen molar-refractivity contribution < 1.29 is 9.47 Å². The minimum absolute atomic E-state index is 0.139. The molecule has 0 amide bonds. The highest BCUT2D eigenvalue weighted by atomic mass is 16.5. The molecule has 1 heterocycles. The smallest absolute Gasteiger partial charge is 0.169 e. The Bertz CT molecular complexity index is 1080. The van der Waals surface area contributed by atoms with E-state index in [4.69, 9.17) is 9.47 Å². The molecule has 1 aliphatic rings. The fourth-order valence-electron chi connectivity index (χ4n) is 4.31. The molecule has 5 rings (SSSR count). The van der Waals surface area contributed by atoms with Gasteiger partial charge < -0.3 is 9.47 Å². The number of nitrogens with zero attached hydrogens (tertiary/aromatic N) is 1. The molecule has 0 N–H and O–H groups in total. The second-order valence-electron chi connectivity index (χ2n) is 7.74. The summed E-state index contributed by atoms with van der Waals surface area (Å²) in [5.41, 5.74) is 2.62. The van der Waals surface area contributed by atoms with E-state index < -0.39 is 0 Å². The van der Waals surface area contributed by atoms with Crippen molar-refractivity contribution in [2.75, 3.05) is 20.2 Å². The lowest BCUT2D eigenvalue weighted by atomic mass is 9.94. The van der Waals surface area contributed by atoms with Crippen LogP contribution >= 0.6 is 0 Å². The van der Waals surface area contributed by atoms with Crippen molar-refractivity contribution in [2.45, 2.75) is 12.1 Å². The van der Waals surface area contributed by atoms with Gasteiger partial charge in [-0.1, -0.05) is 91.0 Å². The van der Waals surface area contributed by atoms with Gasteiger partial charge >= 0.3 is 0 Å². The SMILES string of the molecule is COc1ccc2ccccc2c1OC1CN(C(c2ccccc2)c2ccccc2)C1. The maximum Gasteiger partial charge on any atom is 0.169 e. The van der Waals surface area contributed by atoms with Crippen molar-refractivity contribution in [3.63, 3.8) is 0 Å². The predicted octanol–water partition coefficient (Wildman–Crippen LogP) is 5.70. The van der Waals surface area contributed by atoms with Crippen LogP contribution in [0.3, 0.4) is 0 Å². The van der Waals surface area contributed by atoms with Gasteiger partial charge in [0.15, 0.2) is 11.5 Å². The summed E-state index contributed by atoms with van der Waals surface area (Å²) >= 11 is 0. The normalized spacial score (nSPS) is 14.6. The van der Waals surface area contributed by atoms with Gasteiger partial charge in [0.25, 0.3) is 0 Å². The molecule has 4 aromatic rings. The molecule has 150 valence electrons. The van der Waals surface area contributed by atoms with Crippen LogP contribution in [0.15, 0.2) is 97.1 Å². The van der Waals surface area contributed by atoms with E-state index in [0.29, 0.717) is 0 Å². The van der Waals surface area contributed by atoms with Crippen molar-refractivity contribution in [1.82, 2.24) is 4.90 Å². The molecule has 0 radical (unpaired) electrons. The Kier molecular flexibility index (Phi) is 5.12. The largest absolute Gasteiger partial charge is 0.493 e. The maximum atomic E-state index is 6.47. The molecule has 0 aliphatic carbocycles. The summed E-state index contributed by atoms with van der Waals surface area (Å²) < 4.78 is 12.1. The van der Waals surface area contributed by atoms with Crippen LogP contribution in [0.5, 0.6) is 11.5 Å². The van der Waals surface area contributed by atoms with Gasteiger partial charge in [-0.25, -0.2) is 0 Å². The molecule has 4 aromatic carbocycles. The zero-order valence-corrected chi connectivity index (χ0v) is 17.1. The monoisotopic (exact) mass is 395 g/mol. The summed E-state index contributed by atoms with van der Waals surface area (Å²) in [6.45, 7) is 1.75. The Balaban J connectivity index is 1.39. The number of hydrogen-bond donors (Lipinski definition) is 0. The van der Waals surface area contributed by atoms with Crippen LogP contribution in [0.25, 0.3) is 10.8 Å². The zero-order chi connectivity index (χ0) is 20.3. The Labute approximate surface area is 177 Å². The molecular formula is C27H25NO2. The summed E-state index contributed by atoms with van der Waals surface area (Å²) in [5, 5.41) is 2.26. The van der Waals surface area contributed by atoms with Gasteiger partial charge in [-0.2, -0.15) is 0 Å². The zero-order valence-electron chi connectivity index (χ0n) is 17.1. The summed E-state index contributed by atoms with van der Waals surface area (Å²) in [7, 11) is 1.70. The second kappa shape index (κ2) is 8.21. The lowest BCUT2D eigenvalue weighted by Crippen LogP contribution is -2.55. The van der Waals surface area contributed by atoms with E-state index in [1.807, 2.05) is 18.2 Å². The van der Waals surface area contributed by atoms with Gasteiger partial charge in [0, 0.05) is 18.5 Å². The Hall–Kier alpha value is -3.30. The molecule has 3 nitrogen and oxygen atoms in total. The summed E-state index contributed by atoms with van der Waals surface area (Å²) in [6, 6.07) is 34.0. The summed E-state index contributed by atoms with van der Waals surface area (Å²) in [5.74, 6) is 1.63. The molecule has 0 saturated carbocycles.